The summed E-state index contributed by atoms with van der Waals surface area (Å²) in [6, 6.07) is 2.35. The van der Waals surface area contributed by atoms with Crippen LogP contribution < -0.4 is 5.32 Å². The first kappa shape index (κ1) is 16.5. The molecule has 1 aromatic heterocycles. The van der Waals surface area contributed by atoms with E-state index in [1.165, 1.54) is 0 Å². The number of hydrogen-bond donors (Lipinski definition) is 1. The number of rotatable bonds is 5. The second-order valence-electron chi connectivity index (χ2n) is 6.35. The van der Waals surface area contributed by atoms with Crippen molar-refractivity contribution in [2.45, 2.75) is 50.6 Å². The van der Waals surface area contributed by atoms with Gasteiger partial charge in [-0.1, -0.05) is 25.7 Å². The van der Waals surface area contributed by atoms with Gasteiger partial charge in [-0.05, 0) is 19.9 Å². The second kappa shape index (κ2) is 7.41. The molecule has 0 atom stereocenters. The van der Waals surface area contributed by atoms with Gasteiger partial charge in [0.2, 0.25) is 5.91 Å². The molecule has 6 nitrogen and oxygen atoms in total. The quantitative estimate of drug-likeness (QED) is 0.838. The standard InChI is InChI=1S/C16H25N5O/c1-20(10-14-9-18-21(2)11-14)12-15(22)19-16(13-17)7-5-3-4-6-8-16/h9,11H,3-8,10,12H2,1-2H3,(H,19,22). The van der Waals surface area contributed by atoms with Crippen LogP contribution >= 0.6 is 0 Å². The summed E-state index contributed by atoms with van der Waals surface area (Å²) in [6.07, 6.45) is 9.61. The number of carbonyl (C=O) groups is 1. The van der Waals surface area contributed by atoms with Crippen molar-refractivity contribution in [1.82, 2.24) is 20.0 Å². The van der Waals surface area contributed by atoms with Crippen LogP contribution in [0.5, 0.6) is 0 Å². The smallest absolute Gasteiger partial charge is 0.235 e. The van der Waals surface area contributed by atoms with Crippen molar-refractivity contribution in [2.24, 2.45) is 7.05 Å². The minimum atomic E-state index is -0.664. The van der Waals surface area contributed by atoms with Crippen molar-refractivity contribution >= 4 is 5.91 Å². The molecule has 0 aliphatic heterocycles. The zero-order valence-corrected chi connectivity index (χ0v) is 13.5. The maximum Gasteiger partial charge on any atom is 0.235 e. The molecule has 22 heavy (non-hydrogen) atoms. The van der Waals surface area contributed by atoms with Crippen LogP contribution in [-0.4, -0.2) is 39.7 Å². The lowest BCUT2D eigenvalue weighted by molar-refractivity contribution is -0.123. The Morgan fingerprint density at radius 3 is 2.68 bits per heavy atom. The predicted octanol–water partition coefficient (Wildman–Crippen LogP) is 1.58. The van der Waals surface area contributed by atoms with Crippen molar-refractivity contribution < 1.29 is 4.79 Å². The number of aromatic nitrogens is 2. The van der Waals surface area contributed by atoms with Gasteiger partial charge in [0, 0.05) is 25.4 Å². The molecule has 0 aromatic carbocycles. The van der Waals surface area contributed by atoms with Gasteiger partial charge in [-0.3, -0.25) is 14.4 Å². The molecule has 0 saturated heterocycles. The molecule has 0 spiro atoms. The van der Waals surface area contributed by atoms with Gasteiger partial charge >= 0.3 is 0 Å². The van der Waals surface area contributed by atoms with Crippen LogP contribution in [0.1, 0.15) is 44.1 Å². The fourth-order valence-corrected chi connectivity index (χ4v) is 3.07. The lowest BCUT2D eigenvalue weighted by Gasteiger charge is -2.27. The third-order valence-electron chi connectivity index (χ3n) is 4.17. The predicted molar refractivity (Wildman–Crippen MR) is 83.7 cm³/mol. The average Bonchev–Trinajstić information content (AvgIpc) is 2.73. The van der Waals surface area contributed by atoms with Gasteiger partial charge < -0.3 is 5.32 Å². The fraction of sp³-hybridized carbons (Fsp3) is 0.688. The van der Waals surface area contributed by atoms with E-state index < -0.39 is 5.54 Å². The molecule has 1 aliphatic carbocycles. The molecule has 1 amide bonds. The SMILES string of the molecule is CN(CC(=O)NC1(C#N)CCCCCC1)Cc1cnn(C)c1. The zero-order valence-electron chi connectivity index (χ0n) is 13.5. The van der Waals surface area contributed by atoms with E-state index >= 15 is 0 Å². The monoisotopic (exact) mass is 303 g/mol. The number of nitrogens with zero attached hydrogens (tertiary/aromatic N) is 4. The van der Waals surface area contributed by atoms with Crippen molar-refractivity contribution in [3.8, 4) is 6.07 Å². The largest absolute Gasteiger partial charge is 0.337 e. The molecular weight excluding hydrogens is 278 g/mol. The number of amides is 1. The molecule has 1 fully saturated rings. The number of hydrogen-bond acceptors (Lipinski definition) is 4. The van der Waals surface area contributed by atoms with Crippen LogP contribution in [0.2, 0.25) is 0 Å². The van der Waals surface area contributed by atoms with Crippen LogP contribution in [0, 0.1) is 11.3 Å². The van der Waals surface area contributed by atoms with Crippen molar-refractivity contribution in [1.29, 1.82) is 5.26 Å². The second-order valence-corrected chi connectivity index (χ2v) is 6.35. The molecule has 1 aliphatic rings. The number of likely N-dealkylation sites (N-methyl/N-ethyl adjacent to an activating group) is 1. The summed E-state index contributed by atoms with van der Waals surface area (Å²) in [4.78, 5) is 14.2. The minimum absolute atomic E-state index is 0.0742. The Morgan fingerprint density at radius 1 is 1.45 bits per heavy atom. The minimum Gasteiger partial charge on any atom is -0.337 e. The maximum absolute atomic E-state index is 12.3. The highest BCUT2D eigenvalue weighted by Crippen LogP contribution is 2.26. The Kier molecular flexibility index (Phi) is 5.56. The summed E-state index contributed by atoms with van der Waals surface area (Å²) >= 11 is 0. The van der Waals surface area contributed by atoms with Crippen LogP contribution in [-0.2, 0) is 18.4 Å². The van der Waals surface area contributed by atoms with Gasteiger partial charge in [-0.2, -0.15) is 10.4 Å². The number of nitrogens with one attached hydrogen (secondary N) is 1. The normalized spacial score (nSPS) is 17.7. The summed E-state index contributed by atoms with van der Waals surface area (Å²) in [7, 11) is 3.78. The summed E-state index contributed by atoms with van der Waals surface area (Å²) in [5.41, 5.74) is 0.408. The third kappa shape index (κ3) is 4.57. The molecule has 0 bridgehead atoms. The van der Waals surface area contributed by atoms with E-state index in [9.17, 15) is 10.1 Å². The number of aryl methyl sites for hydroxylation is 1. The van der Waals surface area contributed by atoms with E-state index in [4.69, 9.17) is 0 Å². The van der Waals surface area contributed by atoms with Crippen molar-refractivity contribution in [3.63, 3.8) is 0 Å². The van der Waals surface area contributed by atoms with E-state index in [-0.39, 0.29) is 5.91 Å². The molecule has 120 valence electrons. The molecule has 0 unspecified atom stereocenters. The van der Waals surface area contributed by atoms with Gasteiger partial charge in [0.05, 0.1) is 18.8 Å². The van der Waals surface area contributed by atoms with E-state index in [0.717, 1.165) is 44.1 Å². The summed E-state index contributed by atoms with van der Waals surface area (Å²) in [6.45, 7) is 0.957. The zero-order chi connectivity index (χ0) is 16.0. The van der Waals surface area contributed by atoms with Crippen LogP contribution in [0.3, 0.4) is 0 Å². The van der Waals surface area contributed by atoms with Crippen LogP contribution in [0.15, 0.2) is 12.4 Å². The first-order valence-corrected chi connectivity index (χ1v) is 7.91. The Labute approximate surface area is 132 Å². The topological polar surface area (TPSA) is 74.0 Å². The molecule has 1 N–H and O–H groups in total. The van der Waals surface area contributed by atoms with Gasteiger partial charge in [-0.25, -0.2) is 0 Å². The highest BCUT2D eigenvalue weighted by Gasteiger charge is 2.32. The maximum atomic E-state index is 12.3. The van der Waals surface area contributed by atoms with Gasteiger partial charge in [0.15, 0.2) is 0 Å². The van der Waals surface area contributed by atoms with Crippen molar-refractivity contribution in [3.05, 3.63) is 18.0 Å². The van der Waals surface area contributed by atoms with Gasteiger partial charge in [0.1, 0.15) is 5.54 Å². The van der Waals surface area contributed by atoms with Gasteiger partial charge in [-0.15, -0.1) is 0 Å². The van der Waals surface area contributed by atoms with Crippen LogP contribution in [0.4, 0.5) is 0 Å². The van der Waals surface area contributed by atoms with Crippen molar-refractivity contribution in [2.75, 3.05) is 13.6 Å². The molecule has 6 heteroatoms. The summed E-state index contributed by atoms with van der Waals surface area (Å²) in [5, 5.41) is 16.6. The van der Waals surface area contributed by atoms with E-state index in [0.29, 0.717) is 13.1 Å². The molecule has 1 saturated carbocycles. The lowest BCUT2D eigenvalue weighted by Crippen LogP contribution is -2.49. The Bertz CT molecular complexity index is 537. The molecular formula is C16H25N5O. The molecule has 1 aromatic rings. The number of nitriles is 1. The molecule has 2 rings (SSSR count). The third-order valence-corrected chi connectivity index (χ3v) is 4.17. The Morgan fingerprint density at radius 2 is 2.14 bits per heavy atom. The van der Waals surface area contributed by atoms with E-state index in [2.05, 4.69) is 16.5 Å². The van der Waals surface area contributed by atoms with E-state index in [1.807, 2.05) is 25.2 Å². The Hall–Kier alpha value is -1.87. The first-order chi connectivity index (χ1) is 10.5. The average molecular weight is 303 g/mol. The summed E-state index contributed by atoms with van der Waals surface area (Å²) in [5.74, 6) is -0.0742. The Balaban J connectivity index is 1.86. The lowest BCUT2D eigenvalue weighted by atomic mass is 9.92. The van der Waals surface area contributed by atoms with E-state index in [1.54, 1.807) is 10.9 Å². The first-order valence-electron chi connectivity index (χ1n) is 7.91. The summed E-state index contributed by atoms with van der Waals surface area (Å²) < 4.78 is 1.75. The van der Waals surface area contributed by atoms with Gasteiger partial charge in [0.25, 0.3) is 0 Å². The molecule has 0 radical (unpaired) electrons. The highest BCUT2D eigenvalue weighted by atomic mass is 16.2. The number of carbonyl (C=O) groups excluding carboxylic acids is 1. The molecule has 1 heterocycles. The highest BCUT2D eigenvalue weighted by molar-refractivity contribution is 5.79. The fourth-order valence-electron chi connectivity index (χ4n) is 3.07. The van der Waals surface area contributed by atoms with Crippen LogP contribution in [0.25, 0.3) is 0 Å².